The van der Waals surface area contributed by atoms with Gasteiger partial charge in [0.05, 0.1) is 5.56 Å². The first-order chi connectivity index (χ1) is 13.3. The highest BCUT2D eigenvalue weighted by Gasteiger charge is 2.54. The molecule has 0 aliphatic heterocycles. The SMILES string of the molecule is CC(=O)C1CC2(CC(NC(=O)c3c(C)sc(C)c3Cc3ccc(C)cc3)C2)C1. The van der Waals surface area contributed by atoms with Gasteiger partial charge in [0.25, 0.3) is 5.91 Å². The highest BCUT2D eigenvalue weighted by molar-refractivity contribution is 7.12. The van der Waals surface area contributed by atoms with E-state index >= 15 is 0 Å². The second-order valence-electron chi connectivity index (χ2n) is 9.02. The Morgan fingerprint density at radius 3 is 2.29 bits per heavy atom. The van der Waals surface area contributed by atoms with Gasteiger partial charge in [-0.1, -0.05) is 29.8 Å². The van der Waals surface area contributed by atoms with E-state index in [-0.39, 0.29) is 17.9 Å². The van der Waals surface area contributed by atoms with E-state index in [1.54, 1.807) is 18.3 Å². The maximum atomic E-state index is 13.1. The standard InChI is InChI=1S/C24H29NO2S/c1-14-5-7-18(8-6-14)9-21-16(3)28-17(4)22(21)23(27)25-20-12-24(13-20)10-19(11-24)15(2)26/h5-8,19-20H,9-13H2,1-4H3,(H,25,27). The summed E-state index contributed by atoms with van der Waals surface area (Å²) in [6, 6.07) is 8.82. The number of ketones is 1. The first-order valence-corrected chi connectivity index (χ1v) is 11.0. The molecule has 148 valence electrons. The Bertz CT molecular complexity index is 911. The van der Waals surface area contributed by atoms with E-state index in [0.29, 0.717) is 11.2 Å². The van der Waals surface area contributed by atoms with Crippen LogP contribution in [0.25, 0.3) is 0 Å². The summed E-state index contributed by atoms with van der Waals surface area (Å²) in [5, 5.41) is 3.27. The number of amides is 1. The van der Waals surface area contributed by atoms with E-state index in [2.05, 4.69) is 50.4 Å². The van der Waals surface area contributed by atoms with Crippen molar-refractivity contribution in [2.45, 2.75) is 65.8 Å². The van der Waals surface area contributed by atoms with Gasteiger partial charge in [0.2, 0.25) is 0 Å². The van der Waals surface area contributed by atoms with Crippen LogP contribution < -0.4 is 5.32 Å². The molecule has 2 aliphatic rings. The lowest BCUT2D eigenvalue weighted by atomic mass is 9.49. The van der Waals surface area contributed by atoms with Gasteiger partial charge in [0, 0.05) is 21.7 Å². The zero-order valence-corrected chi connectivity index (χ0v) is 18.0. The van der Waals surface area contributed by atoms with Crippen molar-refractivity contribution in [3.8, 4) is 0 Å². The minimum atomic E-state index is 0.0752. The molecule has 28 heavy (non-hydrogen) atoms. The lowest BCUT2D eigenvalue weighted by Gasteiger charge is -2.57. The van der Waals surface area contributed by atoms with Crippen molar-refractivity contribution in [1.29, 1.82) is 0 Å². The van der Waals surface area contributed by atoms with E-state index in [0.717, 1.165) is 48.1 Å². The molecule has 0 radical (unpaired) electrons. The Kier molecular flexibility index (Phi) is 4.95. The minimum Gasteiger partial charge on any atom is -0.349 e. The van der Waals surface area contributed by atoms with Gasteiger partial charge in [-0.2, -0.15) is 0 Å². The number of carbonyl (C=O) groups excluding carboxylic acids is 2. The molecule has 1 aromatic heterocycles. The van der Waals surface area contributed by atoms with Crippen LogP contribution in [0.1, 0.15) is 69.4 Å². The fourth-order valence-corrected chi connectivity index (χ4v) is 6.18. The molecule has 1 heterocycles. The van der Waals surface area contributed by atoms with Crippen molar-refractivity contribution < 1.29 is 9.59 Å². The summed E-state index contributed by atoms with van der Waals surface area (Å²) >= 11 is 1.72. The predicted molar refractivity (Wildman–Crippen MR) is 114 cm³/mol. The molecule has 2 saturated carbocycles. The predicted octanol–water partition coefficient (Wildman–Crippen LogP) is 5.14. The fourth-order valence-electron chi connectivity index (χ4n) is 5.10. The number of thiophene rings is 1. The number of carbonyl (C=O) groups is 2. The van der Waals surface area contributed by atoms with E-state index in [1.165, 1.54) is 16.0 Å². The third-order valence-electron chi connectivity index (χ3n) is 6.74. The number of hydrogen-bond donors (Lipinski definition) is 1. The number of benzene rings is 1. The largest absolute Gasteiger partial charge is 0.349 e. The molecule has 4 heteroatoms. The van der Waals surface area contributed by atoms with Gasteiger partial charge in [0.1, 0.15) is 5.78 Å². The number of rotatable bonds is 5. The summed E-state index contributed by atoms with van der Waals surface area (Å²) < 4.78 is 0. The van der Waals surface area contributed by atoms with Gasteiger partial charge < -0.3 is 5.32 Å². The Hall–Kier alpha value is -1.94. The Balaban J connectivity index is 1.42. The average molecular weight is 396 g/mol. The van der Waals surface area contributed by atoms with Crippen LogP contribution in [-0.2, 0) is 11.2 Å². The van der Waals surface area contributed by atoms with Crippen molar-refractivity contribution >= 4 is 23.0 Å². The second kappa shape index (κ2) is 7.14. The Labute approximate surface area is 171 Å². The summed E-state index contributed by atoms with van der Waals surface area (Å²) in [5.41, 5.74) is 4.87. The summed E-state index contributed by atoms with van der Waals surface area (Å²) in [5.74, 6) is 0.661. The molecule has 0 saturated heterocycles. The van der Waals surface area contributed by atoms with Gasteiger partial charge in [-0.05, 0) is 76.3 Å². The third kappa shape index (κ3) is 3.55. The fraction of sp³-hybridized carbons (Fsp3) is 0.500. The van der Waals surface area contributed by atoms with Gasteiger partial charge >= 0.3 is 0 Å². The smallest absolute Gasteiger partial charge is 0.252 e. The highest BCUT2D eigenvalue weighted by atomic mass is 32.1. The number of aryl methyl sites for hydroxylation is 3. The zero-order chi connectivity index (χ0) is 20.1. The van der Waals surface area contributed by atoms with Crippen LogP contribution in [0.5, 0.6) is 0 Å². The van der Waals surface area contributed by atoms with Gasteiger partial charge in [0.15, 0.2) is 0 Å². The first-order valence-electron chi connectivity index (χ1n) is 10.2. The highest BCUT2D eigenvalue weighted by Crippen LogP contribution is 2.58. The molecule has 1 N–H and O–H groups in total. The molecular weight excluding hydrogens is 366 g/mol. The molecule has 1 amide bonds. The van der Waals surface area contributed by atoms with Crippen LogP contribution in [0.2, 0.25) is 0 Å². The summed E-state index contributed by atoms with van der Waals surface area (Å²) in [7, 11) is 0. The van der Waals surface area contributed by atoms with Crippen LogP contribution in [0.3, 0.4) is 0 Å². The molecule has 4 rings (SSSR count). The molecule has 0 atom stereocenters. The van der Waals surface area contributed by atoms with Gasteiger partial charge in [-0.15, -0.1) is 11.3 Å². The Morgan fingerprint density at radius 2 is 1.68 bits per heavy atom. The molecule has 0 bridgehead atoms. The lowest BCUT2D eigenvalue weighted by Crippen LogP contribution is -2.57. The quantitative estimate of drug-likeness (QED) is 0.762. The van der Waals surface area contributed by atoms with Crippen LogP contribution in [0.4, 0.5) is 0 Å². The first kappa shape index (κ1) is 19.4. The van der Waals surface area contributed by atoms with E-state index in [1.807, 2.05) is 0 Å². The van der Waals surface area contributed by atoms with E-state index in [9.17, 15) is 9.59 Å². The Morgan fingerprint density at radius 1 is 1.04 bits per heavy atom. The molecule has 1 aromatic carbocycles. The third-order valence-corrected chi connectivity index (χ3v) is 7.80. The van der Waals surface area contributed by atoms with Crippen LogP contribution >= 0.6 is 11.3 Å². The molecule has 2 aliphatic carbocycles. The molecule has 1 spiro atoms. The molecular formula is C24H29NO2S. The molecule has 3 nitrogen and oxygen atoms in total. The molecule has 2 aromatic rings. The topological polar surface area (TPSA) is 46.2 Å². The molecule has 2 fully saturated rings. The monoisotopic (exact) mass is 395 g/mol. The average Bonchev–Trinajstić information content (AvgIpc) is 2.83. The van der Waals surface area contributed by atoms with Crippen molar-refractivity contribution in [2.75, 3.05) is 0 Å². The minimum absolute atomic E-state index is 0.0752. The van der Waals surface area contributed by atoms with Gasteiger partial charge in [-0.25, -0.2) is 0 Å². The van der Waals surface area contributed by atoms with Crippen LogP contribution in [0, 0.1) is 32.1 Å². The van der Waals surface area contributed by atoms with Crippen molar-refractivity contribution in [3.05, 3.63) is 56.3 Å². The van der Waals surface area contributed by atoms with E-state index in [4.69, 9.17) is 0 Å². The second-order valence-corrected chi connectivity index (χ2v) is 10.5. The maximum Gasteiger partial charge on any atom is 0.252 e. The van der Waals surface area contributed by atoms with Crippen LogP contribution in [-0.4, -0.2) is 17.7 Å². The zero-order valence-electron chi connectivity index (χ0n) is 17.2. The van der Waals surface area contributed by atoms with Crippen molar-refractivity contribution in [2.24, 2.45) is 11.3 Å². The normalized spacial score (nSPS) is 25.9. The van der Waals surface area contributed by atoms with Crippen LogP contribution in [0.15, 0.2) is 24.3 Å². The summed E-state index contributed by atoms with van der Waals surface area (Å²) in [6.07, 6.45) is 4.89. The van der Waals surface area contributed by atoms with Crippen molar-refractivity contribution in [3.63, 3.8) is 0 Å². The number of hydrogen-bond acceptors (Lipinski definition) is 3. The summed E-state index contributed by atoms with van der Waals surface area (Å²) in [4.78, 5) is 26.9. The lowest BCUT2D eigenvalue weighted by molar-refractivity contribution is -0.134. The number of Topliss-reactive ketones (excluding diaryl/α,β-unsaturated/α-hetero) is 1. The maximum absolute atomic E-state index is 13.1. The van der Waals surface area contributed by atoms with E-state index < -0.39 is 0 Å². The summed E-state index contributed by atoms with van der Waals surface area (Å²) in [6.45, 7) is 7.96. The van der Waals surface area contributed by atoms with Gasteiger partial charge in [-0.3, -0.25) is 9.59 Å². The number of nitrogens with one attached hydrogen (secondary N) is 1. The molecule has 0 unspecified atom stereocenters. The van der Waals surface area contributed by atoms with Crippen molar-refractivity contribution in [1.82, 2.24) is 5.32 Å².